The number of nitrogens with zero attached hydrogens (tertiary/aromatic N) is 4. The molecule has 0 radical (unpaired) electrons. The number of rotatable bonds is 6. The molecule has 0 bridgehead atoms. The van der Waals surface area contributed by atoms with Crippen LogP contribution >= 0.6 is 0 Å². The first-order chi connectivity index (χ1) is 14.2. The molecule has 1 aromatic heterocycles. The quantitative estimate of drug-likeness (QED) is 0.581. The lowest BCUT2D eigenvalue weighted by Crippen LogP contribution is -2.46. The Balaban J connectivity index is 1.30. The summed E-state index contributed by atoms with van der Waals surface area (Å²) < 4.78 is 13.1. The fraction of sp³-hybridized carbons (Fsp3) is 0.455. The normalized spacial score (nSPS) is 17.4. The number of halogens is 1. The molecule has 2 aliphatic rings. The summed E-state index contributed by atoms with van der Waals surface area (Å²) >= 11 is 0. The van der Waals surface area contributed by atoms with Crippen molar-refractivity contribution < 1.29 is 4.39 Å². The van der Waals surface area contributed by atoms with Crippen LogP contribution in [0.2, 0.25) is 0 Å². The van der Waals surface area contributed by atoms with Crippen LogP contribution in [-0.2, 0) is 6.54 Å². The van der Waals surface area contributed by atoms with Gasteiger partial charge in [0, 0.05) is 58.2 Å². The molecule has 2 N–H and O–H groups in total. The molecular formula is C22H29FN6. The molecule has 0 spiro atoms. The van der Waals surface area contributed by atoms with Crippen molar-refractivity contribution in [2.24, 2.45) is 10.9 Å². The topological polar surface area (TPSA) is 55.8 Å². The second kappa shape index (κ2) is 9.11. The minimum absolute atomic E-state index is 0.193. The number of hydrogen-bond acceptors (Lipinski definition) is 4. The highest BCUT2D eigenvalue weighted by molar-refractivity contribution is 5.79. The zero-order valence-electron chi connectivity index (χ0n) is 16.9. The van der Waals surface area contributed by atoms with E-state index in [0.29, 0.717) is 0 Å². The Morgan fingerprint density at radius 2 is 1.79 bits per heavy atom. The molecule has 0 atom stereocenters. The van der Waals surface area contributed by atoms with E-state index in [1.54, 1.807) is 7.05 Å². The molecule has 0 unspecified atom stereocenters. The smallest absolute Gasteiger partial charge is 0.191 e. The molecule has 7 heteroatoms. The molecule has 6 nitrogen and oxygen atoms in total. The minimum Gasteiger partial charge on any atom is -0.368 e. The predicted octanol–water partition coefficient (Wildman–Crippen LogP) is 2.62. The number of guanidine groups is 1. The zero-order chi connectivity index (χ0) is 20.1. The zero-order valence-corrected chi connectivity index (χ0v) is 16.9. The SMILES string of the molecule is CN=C(NCc1ccnc(N2CCN(c3ccc(F)cc3)CC2)c1)NCC1CC1. The van der Waals surface area contributed by atoms with E-state index in [2.05, 4.69) is 36.5 Å². The van der Waals surface area contributed by atoms with E-state index < -0.39 is 0 Å². The lowest BCUT2D eigenvalue weighted by atomic mass is 10.2. The van der Waals surface area contributed by atoms with E-state index in [-0.39, 0.29) is 5.82 Å². The first-order valence-corrected chi connectivity index (χ1v) is 10.4. The summed E-state index contributed by atoms with van der Waals surface area (Å²) in [4.78, 5) is 13.5. The van der Waals surface area contributed by atoms with Crippen LogP contribution in [0.1, 0.15) is 18.4 Å². The molecule has 2 aromatic rings. The maximum Gasteiger partial charge on any atom is 0.191 e. The summed E-state index contributed by atoms with van der Waals surface area (Å²) in [5.74, 6) is 2.47. The molecule has 2 fully saturated rings. The van der Waals surface area contributed by atoms with Crippen LogP contribution in [0.4, 0.5) is 15.9 Å². The molecule has 2 heterocycles. The van der Waals surface area contributed by atoms with E-state index in [1.165, 1.54) is 30.5 Å². The number of aromatic nitrogens is 1. The van der Waals surface area contributed by atoms with E-state index in [0.717, 1.165) is 62.7 Å². The summed E-state index contributed by atoms with van der Waals surface area (Å²) in [6.07, 6.45) is 4.53. The molecule has 4 rings (SSSR count). The fourth-order valence-corrected chi connectivity index (χ4v) is 3.56. The summed E-state index contributed by atoms with van der Waals surface area (Å²) in [5, 5.41) is 6.77. The highest BCUT2D eigenvalue weighted by atomic mass is 19.1. The van der Waals surface area contributed by atoms with Gasteiger partial charge in [0.05, 0.1) is 0 Å². The first-order valence-electron chi connectivity index (χ1n) is 10.4. The second-order valence-corrected chi connectivity index (χ2v) is 7.72. The van der Waals surface area contributed by atoms with Crippen LogP contribution in [0.15, 0.2) is 47.6 Å². The molecule has 154 valence electrons. The summed E-state index contributed by atoms with van der Waals surface area (Å²) in [7, 11) is 1.81. The Bertz CT molecular complexity index is 825. The molecule has 1 aliphatic heterocycles. The van der Waals surface area contributed by atoms with Gasteiger partial charge < -0.3 is 20.4 Å². The Hall–Kier alpha value is -2.83. The standard InChI is InChI=1S/C22H29FN6/c1-24-22(26-15-17-2-3-17)27-16-18-8-9-25-21(14-18)29-12-10-28(11-13-29)20-6-4-19(23)5-7-20/h4-9,14,17H,2-3,10-13,15-16H2,1H3,(H2,24,26,27). The highest BCUT2D eigenvalue weighted by Crippen LogP contribution is 2.27. The van der Waals surface area contributed by atoms with Crippen LogP contribution in [0.3, 0.4) is 0 Å². The van der Waals surface area contributed by atoms with Gasteiger partial charge in [0.1, 0.15) is 11.6 Å². The number of piperazine rings is 1. The Kier molecular flexibility index (Phi) is 6.12. The summed E-state index contributed by atoms with van der Waals surface area (Å²) in [6, 6.07) is 10.9. The van der Waals surface area contributed by atoms with Crippen molar-refractivity contribution in [2.45, 2.75) is 19.4 Å². The summed E-state index contributed by atoms with van der Waals surface area (Å²) in [5.41, 5.74) is 2.26. The lowest BCUT2D eigenvalue weighted by molar-refractivity contribution is 0.624. The predicted molar refractivity (Wildman–Crippen MR) is 116 cm³/mol. The molecule has 29 heavy (non-hydrogen) atoms. The highest BCUT2D eigenvalue weighted by Gasteiger charge is 2.21. The van der Waals surface area contributed by atoms with Gasteiger partial charge in [-0.2, -0.15) is 0 Å². The third kappa shape index (κ3) is 5.37. The molecule has 1 saturated heterocycles. The number of aliphatic imine (C=N–C) groups is 1. The van der Waals surface area contributed by atoms with Gasteiger partial charge in [-0.05, 0) is 60.7 Å². The van der Waals surface area contributed by atoms with Crippen molar-refractivity contribution in [1.82, 2.24) is 15.6 Å². The van der Waals surface area contributed by atoms with Crippen molar-refractivity contribution in [3.63, 3.8) is 0 Å². The van der Waals surface area contributed by atoms with E-state index in [4.69, 9.17) is 0 Å². The van der Waals surface area contributed by atoms with Gasteiger partial charge in [0.2, 0.25) is 0 Å². The third-order valence-electron chi connectivity index (χ3n) is 5.54. The first kappa shape index (κ1) is 19.5. The van der Waals surface area contributed by atoms with Crippen molar-refractivity contribution in [2.75, 3.05) is 49.6 Å². The third-order valence-corrected chi connectivity index (χ3v) is 5.54. The Labute approximate surface area is 171 Å². The van der Waals surface area contributed by atoms with Crippen molar-refractivity contribution >= 4 is 17.5 Å². The van der Waals surface area contributed by atoms with Crippen molar-refractivity contribution in [1.29, 1.82) is 0 Å². The molecule has 0 amide bonds. The van der Waals surface area contributed by atoms with Gasteiger partial charge in [0.15, 0.2) is 5.96 Å². The van der Waals surface area contributed by atoms with Crippen molar-refractivity contribution in [3.8, 4) is 0 Å². The lowest BCUT2D eigenvalue weighted by Gasteiger charge is -2.36. The van der Waals surface area contributed by atoms with Gasteiger partial charge in [0.25, 0.3) is 0 Å². The monoisotopic (exact) mass is 396 g/mol. The van der Waals surface area contributed by atoms with Crippen LogP contribution in [-0.4, -0.2) is 50.7 Å². The van der Waals surface area contributed by atoms with Gasteiger partial charge in [-0.1, -0.05) is 0 Å². The average Bonchev–Trinajstić information content (AvgIpc) is 3.59. The van der Waals surface area contributed by atoms with Crippen LogP contribution < -0.4 is 20.4 Å². The maximum atomic E-state index is 13.1. The fourth-order valence-electron chi connectivity index (χ4n) is 3.56. The minimum atomic E-state index is -0.193. The molecule has 1 aliphatic carbocycles. The maximum absolute atomic E-state index is 13.1. The van der Waals surface area contributed by atoms with Gasteiger partial charge in [-0.15, -0.1) is 0 Å². The number of benzene rings is 1. The number of nitrogens with one attached hydrogen (secondary N) is 2. The summed E-state index contributed by atoms with van der Waals surface area (Å²) in [6.45, 7) is 5.30. The largest absolute Gasteiger partial charge is 0.368 e. The van der Waals surface area contributed by atoms with Crippen molar-refractivity contribution in [3.05, 3.63) is 54.0 Å². The van der Waals surface area contributed by atoms with E-state index in [1.807, 2.05) is 24.4 Å². The van der Waals surface area contributed by atoms with E-state index >= 15 is 0 Å². The molecular weight excluding hydrogens is 367 g/mol. The van der Waals surface area contributed by atoms with Gasteiger partial charge in [-0.25, -0.2) is 9.37 Å². The van der Waals surface area contributed by atoms with Gasteiger partial charge in [-0.3, -0.25) is 4.99 Å². The average molecular weight is 397 g/mol. The van der Waals surface area contributed by atoms with Crippen LogP contribution in [0, 0.1) is 11.7 Å². The van der Waals surface area contributed by atoms with E-state index in [9.17, 15) is 4.39 Å². The number of hydrogen-bond donors (Lipinski definition) is 2. The Morgan fingerprint density at radius 1 is 1.07 bits per heavy atom. The molecule has 1 saturated carbocycles. The second-order valence-electron chi connectivity index (χ2n) is 7.72. The number of anilines is 2. The van der Waals surface area contributed by atoms with Crippen LogP contribution in [0.25, 0.3) is 0 Å². The number of pyridine rings is 1. The van der Waals surface area contributed by atoms with Crippen LogP contribution in [0.5, 0.6) is 0 Å². The molecule has 1 aromatic carbocycles. The Morgan fingerprint density at radius 3 is 2.48 bits per heavy atom. The van der Waals surface area contributed by atoms with Gasteiger partial charge >= 0.3 is 0 Å².